The van der Waals surface area contributed by atoms with Gasteiger partial charge in [-0.25, -0.2) is 4.79 Å². The maximum Gasteiger partial charge on any atom is 0.534 e. The number of carbonyl (C=O) groups is 7. The molecule has 2 unspecified atom stereocenters. The Morgan fingerprint density at radius 3 is 2.17 bits per heavy atom. The topological polar surface area (TPSA) is 177 Å². The Kier molecular flexibility index (Phi) is 11.6. The van der Waals surface area contributed by atoms with E-state index in [1.807, 2.05) is 0 Å². The zero-order valence-corrected chi connectivity index (χ0v) is 22.5. The van der Waals surface area contributed by atoms with E-state index in [0.29, 0.717) is 55.8 Å². The minimum atomic E-state index is -1.36. The molecule has 0 spiro atoms. The van der Waals surface area contributed by atoms with Crippen molar-refractivity contribution in [3.63, 3.8) is 0 Å². The molecule has 0 aliphatic carbocycles. The molecular weight excluding hydrogens is 538 g/mol. The number of ether oxygens (including phenoxy) is 1. The van der Waals surface area contributed by atoms with Crippen LogP contribution in [0, 0.1) is 5.92 Å². The van der Waals surface area contributed by atoms with E-state index < -0.39 is 36.0 Å². The monoisotopic (exact) mass is 571 g/mol. The number of imide groups is 2. The molecule has 1 fully saturated rings. The van der Waals surface area contributed by atoms with Gasteiger partial charge in [-0.2, -0.15) is 0 Å². The minimum absolute atomic E-state index is 0.0937. The molecule has 2 N–H and O–H groups in total. The minimum Gasteiger partial charge on any atom is -0.481 e. The molecule has 0 bridgehead atoms. The second-order valence-corrected chi connectivity index (χ2v) is 9.63. The van der Waals surface area contributed by atoms with E-state index in [-0.39, 0.29) is 43.4 Å². The van der Waals surface area contributed by atoms with Crippen molar-refractivity contribution >= 4 is 41.7 Å². The molecule has 3 rings (SSSR count). The van der Waals surface area contributed by atoms with Gasteiger partial charge in [0.2, 0.25) is 5.91 Å². The molecule has 1 aromatic rings. The fraction of sp³-hybridized carbons (Fsp3) is 0.464. The number of carbonyl (C=O) groups excluding carboxylic acids is 6. The lowest BCUT2D eigenvalue weighted by atomic mass is 9.91. The van der Waals surface area contributed by atoms with Crippen molar-refractivity contribution < 1.29 is 48.2 Å². The van der Waals surface area contributed by atoms with Crippen molar-refractivity contribution in [2.45, 2.75) is 63.9 Å². The quantitative estimate of drug-likeness (QED) is 0.170. The number of unbranched alkanes of at least 4 members (excludes halogenated alkanes) is 3. The van der Waals surface area contributed by atoms with E-state index in [1.54, 1.807) is 30.3 Å². The number of carboxylic acids is 1. The van der Waals surface area contributed by atoms with Crippen LogP contribution < -0.4 is 5.32 Å². The number of nitrogens with zero attached hydrogens (tertiary/aromatic N) is 2. The molecule has 13 nitrogen and oxygen atoms in total. The number of aliphatic carboxylic acids is 1. The molecule has 1 saturated heterocycles. The summed E-state index contributed by atoms with van der Waals surface area (Å²) in [5.74, 6) is -4.55. The van der Waals surface area contributed by atoms with Crippen LogP contribution in [0.15, 0.2) is 42.5 Å². The Bertz CT molecular complexity index is 1150. The predicted molar refractivity (Wildman–Crippen MR) is 140 cm³/mol. The molecular formula is C28H33N3O10. The van der Waals surface area contributed by atoms with Gasteiger partial charge in [0.25, 0.3) is 23.6 Å². The fourth-order valence-electron chi connectivity index (χ4n) is 4.48. The summed E-state index contributed by atoms with van der Waals surface area (Å²) in [6.45, 7) is 0.642. The van der Waals surface area contributed by atoms with Crippen molar-refractivity contribution in [3.05, 3.63) is 48.0 Å². The number of nitrogens with one attached hydrogen (secondary N) is 1. The fourth-order valence-corrected chi connectivity index (χ4v) is 4.48. The molecule has 41 heavy (non-hydrogen) atoms. The summed E-state index contributed by atoms with van der Waals surface area (Å²) in [5.41, 5.74) is 0.402. The maximum atomic E-state index is 12.4. The lowest BCUT2D eigenvalue weighted by Crippen LogP contribution is -2.34. The third-order valence-electron chi connectivity index (χ3n) is 6.66. The van der Waals surface area contributed by atoms with Crippen LogP contribution in [-0.4, -0.2) is 69.8 Å². The van der Waals surface area contributed by atoms with Gasteiger partial charge in [-0.05, 0) is 31.2 Å². The van der Waals surface area contributed by atoms with E-state index in [9.17, 15) is 38.7 Å². The molecule has 0 saturated carbocycles. The Balaban J connectivity index is 1.41. The first kappa shape index (κ1) is 31.0. The number of hydrogen-bond donors (Lipinski definition) is 2. The van der Waals surface area contributed by atoms with Crippen LogP contribution in [0.3, 0.4) is 0 Å². The Morgan fingerprint density at radius 1 is 0.878 bits per heavy atom. The second-order valence-electron chi connectivity index (χ2n) is 9.63. The molecule has 13 heteroatoms. The maximum absolute atomic E-state index is 12.4. The Hall–Kier alpha value is -4.55. The number of amides is 5. The highest BCUT2D eigenvalue weighted by Crippen LogP contribution is 2.31. The predicted octanol–water partition coefficient (Wildman–Crippen LogP) is 2.42. The van der Waals surface area contributed by atoms with Gasteiger partial charge in [-0.15, -0.1) is 0 Å². The van der Waals surface area contributed by atoms with Crippen LogP contribution in [0.1, 0.15) is 69.5 Å². The summed E-state index contributed by atoms with van der Waals surface area (Å²) >= 11 is 0. The van der Waals surface area contributed by atoms with Crippen LogP contribution >= 0.6 is 0 Å². The first-order valence-corrected chi connectivity index (χ1v) is 13.5. The van der Waals surface area contributed by atoms with Crippen LogP contribution in [0.25, 0.3) is 0 Å². The number of hydrogen-bond acceptors (Lipinski definition) is 9. The van der Waals surface area contributed by atoms with Crippen molar-refractivity contribution in [3.8, 4) is 0 Å². The molecule has 2 atom stereocenters. The van der Waals surface area contributed by atoms with E-state index in [4.69, 9.17) is 9.57 Å². The average molecular weight is 572 g/mol. The highest BCUT2D eigenvalue weighted by molar-refractivity contribution is 6.12. The highest BCUT2D eigenvalue weighted by Gasteiger charge is 2.37. The largest absolute Gasteiger partial charge is 0.534 e. The van der Waals surface area contributed by atoms with Crippen molar-refractivity contribution in [2.24, 2.45) is 5.92 Å². The van der Waals surface area contributed by atoms with Gasteiger partial charge in [0.05, 0.1) is 5.92 Å². The van der Waals surface area contributed by atoms with Crippen molar-refractivity contribution in [2.75, 3.05) is 13.1 Å². The van der Waals surface area contributed by atoms with Gasteiger partial charge in [0.1, 0.15) is 6.10 Å². The Labute approximate surface area is 236 Å². The Morgan fingerprint density at radius 2 is 1.54 bits per heavy atom. The standard InChI is InChI=1S/C28H33N3O10/c32-21(12-5-2-8-18-30-22(33)13-14-23(30)34)29-17-7-6-11-20(27(37)38)26(19-9-3-1-4-10-19)40-28(39)41-31-24(35)15-16-25(31)36/h1,3-4,9-10,13-14,20,26H,2,5-8,11-12,15-18H2,(H,29,32)(H,37,38). The first-order chi connectivity index (χ1) is 19.7. The van der Waals surface area contributed by atoms with Gasteiger partial charge in [-0.1, -0.05) is 48.2 Å². The van der Waals surface area contributed by atoms with Gasteiger partial charge >= 0.3 is 12.1 Å². The molecule has 0 aromatic heterocycles. The summed E-state index contributed by atoms with van der Waals surface area (Å²) in [7, 11) is 0. The lowest BCUT2D eigenvalue weighted by molar-refractivity contribution is -0.180. The van der Waals surface area contributed by atoms with Crippen molar-refractivity contribution in [1.82, 2.24) is 15.3 Å². The third-order valence-corrected chi connectivity index (χ3v) is 6.66. The van der Waals surface area contributed by atoms with Crippen LogP contribution in [0.5, 0.6) is 0 Å². The first-order valence-electron chi connectivity index (χ1n) is 13.5. The van der Waals surface area contributed by atoms with Gasteiger partial charge in [-0.3, -0.25) is 38.5 Å². The number of carboxylic acid groups (broad SMARTS) is 1. The average Bonchev–Trinajstić information content (AvgIpc) is 3.44. The van der Waals surface area contributed by atoms with Crippen LogP contribution in [0.4, 0.5) is 4.79 Å². The zero-order chi connectivity index (χ0) is 29.8. The van der Waals surface area contributed by atoms with Gasteiger partial charge in [0, 0.05) is 44.5 Å². The SMILES string of the molecule is O=C(CCCCCN1C(=O)C=CC1=O)NCCCCC(C(=O)O)C(OC(=O)ON1C(=O)CCC1=O)c1ccccc1. The summed E-state index contributed by atoms with van der Waals surface area (Å²) in [6, 6.07) is 8.21. The third kappa shape index (κ3) is 9.26. The zero-order valence-electron chi connectivity index (χ0n) is 22.5. The van der Waals surface area contributed by atoms with Crippen molar-refractivity contribution in [1.29, 1.82) is 0 Å². The highest BCUT2D eigenvalue weighted by atomic mass is 16.8. The normalized spacial score (nSPS) is 16.2. The van der Waals surface area contributed by atoms with Gasteiger partial charge < -0.3 is 15.2 Å². The van der Waals surface area contributed by atoms with Gasteiger partial charge in [0.15, 0.2) is 0 Å². The van der Waals surface area contributed by atoms with E-state index in [2.05, 4.69) is 5.32 Å². The molecule has 220 valence electrons. The molecule has 2 heterocycles. The van der Waals surface area contributed by atoms with Crippen LogP contribution in [-0.2, 0) is 38.3 Å². The van der Waals surface area contributed by atoms with E-state index in [0.717, 1.165) is 4.90 Å². The lowest BCUT2D eigenvalue weighted by Gasteiger charge is -2.25. The number of hydroxylamine groups is 2. The molecule has 5 amide bonds. The number of benzene rings is 1. The summed E-state index contributed by atoms with van der Waals surface area (Å²) < 4.78 is 5.32. The second kappa shape index (κ2) is 15.3. The smallest absolute Gasteiger partial charge is 0.481 e. The molecule has 1 aromatic carbocycles. The molecule has 2 aliphatic heterocycles. The van der Waals surface area contributed by atoms with E-state index in [1.165, 1.54) is 12.2 Å². The summed E-state index contributed by atoms with van der Waals surface area (Å²) in [5, 5.41) is 13.0. The summed E-state index contributed by atoms with van der Waals surface area (Å²) in [6.07, 6.45) is 2.82. The molecule has 2 aliphatic rings. The summed E-state index contributed by atoms with van der Waals surface area (Å²) in [4.78, 5) is 89.1. The van der Waals surface area contributed by atoms with Crippen LogP contribution in [0.2, 0.25) is 0 Å². The van der Waals surface area contributed by atoms with E-state index >= 15 is 0 Å². The number of rotatable bonds is 16. The molecule has 0 radical (unpaired) electrons.